The first-order valence-electron chi connectivity index (χ1n) is 13.0. The average Bonchev–Trinajstić information content (AvgIpc) is 3.22. The molecule has 6 rings (SSSR count). The van der Waals surface area contributed by atoms with Crippen molar-refractivity contribution in [2.24, 2.45) is 17.3 Å². The summed E-state index contributed by atoms with van der Waals surface area (Å²) < 4.78 is 71.8. The number of ether oxygens (including phenoxy) is 1. The van der Waals surface area contributed by atoms with Gasteiger partial charge in [0.2, 0.25) is 5.91 Å². The summed E-state index contributed by atoms with van der Waals surface area (Å²) in [6.07, 6.45) is -2.93. The fourth-order valence-electron chi connectivity index (χ4n) is 5.82. The molecule has 40 heavy (non-hydrogen) atoms. The molecule has 1 amide bonds. The summed E-state index contributed by atoms with van der Waals surface area (Å²) in [6.45, 7) is 3.72. The number of benzene rings is 1. The van der Waals surface area contributed by atoms with E-state index in [9.17, 15) is 26.7 Å². The number of halogens is 5. The van der Waals surface area contributed by atoms with Crippen molar-refractivity contribution in [1.29, 1.82) is 0 Å². The molecule has 1 saturated carbocycles. The Bertz CT molecular complexity index is 1360. The van der Waals surface area contributed by atoms with Crippen LogP contribution in [0.1, 0.15) is 22.6 Å². The molecule has 2 atom stereocenters. The van der Waals surface area contributed by atoms with Crippen LogP contribution < -0.4 is 0 Å². The van der Waals surface area contributed by atoms with Crippen molar-refractivity contribution in [3.05, 3.63) is 70.3 Å². The van der Waals surface area contributed by atoms with Crippen molar-refractivity contribution in [3.8, 4) is 11.3 Å². The minimum Gasteiger partial charge on any atom is -0.375 e. The molecule has 0 N–H and O–H groups in total. The van der Waals surface area contributed by atoms with Gasteiger partial charge in [-0.05, 0) is 24.3 Å². The molecule has 0 unspecified atom stereocenters. The Morgan fingerprint density at radius 3 is 2.50 bits per heavy atom. The lowest BCUT2D eigenvalue weighted by molar-refractivity contribution is -0.150. The molecule has 1 aromatic carbocycles. The van der Waals surface area contributed by atoms with E-state index < -0.39 is 29.5 Å². The normalized spacial score (nSPS) is 23.4. The van der Waals surface area contributed by atoms with E-state index in [1.54, 1.807) is 39.9 Å². The highest BCUT2D eigenvalue weighted by molar-refractivity contribution is 7.09. The Labute approximate surface area is 231 Å². The molecule has 12 heteroatoms. The van der Waals surface area contributed by atoms with Crippen molar-refractivity contribution in [2.45, 2.75) is 31.7 Å². The summed E-state index contributed by atoms with van der Waals surface area (Å²) in [4.78, 5) is 26.2. The van der Waals surface area contributed by atoms with Gasteiger partial charge in [-0.15, -0.1) is 11.3 Å². The number of thiazole rings is 1. The van der Waals surface area contributed by atoms with Gasteiger partial charge in [0.1, 0.15) is 5.92 Å². The first-order chi connectivity index (χ1) is 19.0. The predicted octanol–water partition coefficient (Wildman–Crippen LogP) is 5.36. The molecule has 4 heterocycles. The van der Waals surface area contributed by atoms with E-state index in [0.717, 1.165) is 36.6 Å². The number of amides is 1. The van der Waals surface area contributed by atoms with Crippen LogP contribution in [-0.2, 0) is 28.9 Å². The minimum atomic E-state index is -4.40. The van der Waals surface area contributed by atoms with Crippen LogP contribution in [0.25, 0.3) is 11.3 Å². The van der Waals surface area contributed by atoms with Crippen LogP contribution in [0.5, 0.6) is 0 Å². The molecule has 0 bridgehead atoms. The van der Waals surface area contributed by atoms with Crippen LogP contribution >= 0.6 is 11.3 Å². The van der Waals surface area contributed by atoms with Crippen LogP contribution in [0.3, 0.4) is 0 Å². The fourth-order valence-corrected chi connectivity index (χ4v) is 6.46. The maximum absolute atomic E-state index is 13.5. The molecule has 3 fully saturated rings. The summed E-state index contributed by atoms with van der Waals surface area (Å²) in [5.74, 6) is -4.42. The lowest BCUT2D eigenvalue weighted by atomic mass is 9.71. The number of carbonyl (C=O) groups is 1. The van der Waals surface area contributed by atoms with Crippen molar-refractivity contribution in [1.82, 2.24) is 19.8 Å². The minimum absolute atomic E-state index is 0.0993. The van der Waals surface area contributed by atoms with Gasteiger partial charge in [0.25, 0.3) is 5.92 Å². The van der Waals surface area contributed by atoms with Crippen molar-refractivity contribution >= 4 is 17.2 Å². The Morgan fingerprint density at radius 2 is 1.85 bits per heavy atom. The Kier molecular flexibility index (Phi) is 6.90. The second-order valence-electron chi connectivity index (χ2n) is 11.0. The van der Waals surface area contributed by atoms with E-state index in [4.69, 9.17) is 4.74 Å². The van der Waals surface area contributed by atoms with Gasteiger partial charge in [0.05, 0.1) is 35.7 Å². The van der Waals surface area contributed by atoms with Crippen LogP contribution in [0, 0.1) is 17.3 Å². The number of rotatable bonds is 8. The van der Waals surface area contributed by atoms with E-state index in [-0.39, 0.29) is 24.4 Å². The third-order valence-corrected chi connectivity index (χ3v) is 8.84. The molecule has 3 aliphatic rings. The summed E-state index contributed by atoms with van der Waals surface area (Å²) in [7, 11) is 0. The highest BCUT2D eigenvalue weighted by atomic mass is 32.1. The zero-order chi connectivity index (χ0) is 28.1. The van der Waals surface area contributed by atoms with Crippen LogP contribution in [0.15, 0.2) is 54.2 Å². The topological polar surface area (TPSA) is 58.6 Å². The Hall–Kier alpha value is -2.96. The quantitative estimate of drug-likeness (QED) is 0.337. The van der Waals surface area contributed by atoms with E-state index in [1.807, 2.05) is 6.20 Å². The van der Waals surface area contributed by atoms with Crippen molar-refractivity contribution in [3.63, 3.8) is 0 Å². The molecular formula is C28H27F5N4O2S. The molecule has 212 valence electrons. The third kappa shape index (κ3) is 5.48. The average molecular weight is 579 g/mol. The molecule has 1 aliphatic carbocycles. The van der Waals surface area contributed by atoms with Gasteiger partial charge in [-0.1, -0.05) is 18.2 Å². The molecule has 6 nitrogen and oxygen atoms in total. The largest absolute Gasteiger partial charge is 0.416 e. The number of aromatic nitrogens is 2. The number of hydrogen-bond donors (Lipinski definition) is 0. The van der Waals surface area contributed by atoms with Gasteiger partial charge < -0.3 is 9.64 Å². The van der Waals surface area contributed by atoms with E-state index in [1.165, 1.54) is 12.1 Å². The van der Waals surface area contributed by atoms with E-state index in [2.05, 4.69) is 14.9 Å². The van der Waals surface area contributed by atoms with Gasteiger partial charge in [0.15, 0.2) is 0 Å². The number of carbonyl (C=O) groups excluding carboxylic acids is 1. The fraction of sp³-hybridized carbons (Fsp3) is 0.464. The SMILES string of the molecule is O=C([C@H]1CC1(F)F)N1CC2(CN(Cc3cncs3)C[C@H]2COCc2cccc(-c3ccc(C(F)(F)F)cc3)n2)C1. The molecule has 2 aromatic heterocycles. The van der Waals surface area contributed by atoms with Crippen molar-refractivity contribution in [2.75, 3.05) is 32.8 Å². The monoisotopic (exact) mass is 578 g/mol. The zero-order valence-electron chi connectivity index (χ0n) is 21.4. The smallest absolute Gasteiger partial charge is 0.375 e. The highest BCUT2D eigenvalue weighted by Crippen LogP contribution is 2.52. The number of nitrogens with zero attached hydrogens (tertiary/aromatic N) is 4. The molecule has 2 aliphatic heterocycles. The first kappa shape index (κ1) is 27.2. The van der Waals surface area contributed by atoms with E-state index >= 15 is 0 Å². The lowest BCUT2D eigenvalue weighted by Gasteiger charge is -2.51. The standard InChI is InChI=1S/C28H27F5N4O2S/c29-27(30)8-23(27)25(38)37-15-26(16-37)14-36(11-22-9-34-17-40-22)10-20(26)12-39-13-21-2-1-3-24(35-21)18-4-6-19(7-5-18)28(31,32)33/h1-7,9,17,20,23H,8,10-16H2/t20-,23+/m0/s1. The van der Waals surface area contributed by atoms with Gasteiger partial charge in [-0.3, -0.25) is 19.7 Å². The van der Waals surface area contributed by atoms with Gasteiger partial charge in [-0.2, -0.15) is 13.2 Å². The second-order valence-corrected chi connectivity index (χ2v) is 12.0. The lowest BCUT2D eigenvalue weighted by Crippen LogP contribution is -2.63. The molecule has 2 saturated heterocycles. The summed E-state index contributed by atoms with van der Waals surface area (Å²) in [5, 5.41) is 0. The first-order valence-corrected chi connectivity index (χ1v) is 13.9. The Morgan fingerprint density at radius 1 is 1.10 bits per heavy atom. The van der Waals surface area contributed by atoms with Gasteiger partial charge in [0, 0.05) is 67.1 Å². The molecule has 0 radical (unpaired) electrons. The predicted molar refractivity (Wildman–Crippen MR) is 137 cm³/mol. The van der Waals surface area contributed by atoms with Crippen LogP contribution in [0.2, 0.25) is 0 Å². The Balaban J connectivity index is 1.09. The maximum atomic E-state index is 13.5. The summed E-state index contributed by atoms with van der Waals surface area (Å²) in [5.41, 5.74) is 2.62. The maximum Gasteiger partial charge on any atom is 0.416 e. The van der Waals surface area contributed by atoms with Crippen molar-refractivity contribution < 1.29 is 31.5 Å². The number of hydrogen-bond acceptors (Lipinski definition) is 6. The summed E-state index contributed by atoms with van der Waals surface area (Å²) >= 11 is 1.57. The molecule has 1 spiro atoms. The molecular weight excluding hydrogens is 551 g/mol. The number of alkyl halides is 5. The van der Waals surface area contributed by atoms with Gasteiger partial charge >= 0.3 is 6.18 Å². The van der Waals surface area contributed by atoms with Gasteiger partial charge in [-0.25, -0.2) is 8.78 Å². The highest BCUT2D eigenvalue weighted by Gasteiger charge is 2.65. The zero-order valence-corrected chi connectivity index (χ0v) is 22.2. The van der Waals surface area contributed by atoms with Crippen LogP contribution in [0.4, 0.5) is 22.0 Å². The molecule has 3 aromatic rings. The second kappa shape index (κ2) is 10.1. The third-order valence-electron chi connectivity index (χ3n) is 8.08. The van der Waals surface area contributed by atoms with Crippen LogP contribution in [-0.4, -0.2) is 64.4 Å². The number of likely N-dealkylation sites (tertiary alicyclic amines) is 2. The summed E-state index contributed by atoms with van der Waals surface area (Å²) in [6, 6.07) is 10.2. The number of pyridine rings is 1. The van der Waals surface area contributed by atoms with E-state index in [0.29, 0.717) is 36.6 Å².